The first-order valence-electron chi connectivity index (χ1n) is 11.5. The third-order valence-electron chi connectivity index (χ3n) is 6.02. The molecule has 2 aliphatic heterocycles. The molecule has 0 saturated heterocycles. The van der Waals surface area contributed by atoms with Crippen molar-refractivity contribution in [1.29, 1.82) is 5.41 Å². The standard InChI is InChI=1S/C26H31N3O5/c1-6-32-21-11-16-13-29(24(27)17(16)12-18(21)25(31)28-5)14-20(30)15-9-19(26(2,3)4)23-22(10-15)33-7-8-34-23/h9-12,27H,6-8,13-14H2,1-5H3,(H,28,31). The van der Waals surface area contributed by atoms with E-state index in [4.69, 9.17) is 19.6 Å². The number of nitrogens with zero attached hydrogens (tertiary/aromatic N) is 1. The van der Waals surface area contributed by atoms with Crippen molar-refractivity contribution in [2.75, 3.05) is 33.4 Å². The largest absolute Gasteiger partial charge is 0.493 e. The molecule has 180 valence electrons. The van der Waals surface area contributed by atoms with Crippen LogP contribution in [0.4, 0.5) is 0 Å². The molecule has 0 saturated carbocycles. The highest BCUT2D eigenvalue weighted by atomic mass is 16.6. The van der Waals surface area contributed by atoms with E-state index in [2.05, 4.69) is 26.1 Å². The van der Waals surface area contributed by atoms with Crippen LogP contribution in [0.5, 0.6) is 17.2 Å². The highest BCUT2D eigenvalue weighted by Crippen LogP contribution is 2.41. The fraction of sp³-hybridized carbons (Fsp3) is 0.423. The van der Waals surface area contributed by atoms with Gasteiger partial charge in [0.1, 0.15) is 24.8 Å². The van der Waals surface area contributed by atoms with Crippen molar-refractivity contribution in [2.45, 2.75) is 39.7 Å². The maximum atomic E-state index is 13.3. The molecule has 34 heavy (non-hydrogen) atoms. The molecule has 8 nitrogen and oxygen atoms in total. The van der Waals surface area contributed by atoms with Gasteiger partial charge in [-0.15, -0.1) is 0 Å². The van der Waals surface area contributed by atoms with E-state index >= 15 is 0 Å². The number of amides is 1. The lowest BCUT2D eigenvalue weighted by atomic mass is 9.84. The molecule has 2 aromatic rings. The average molecular weight is 466 g/mol. The molecule has 0 fully saturated rings. The molecule has 2 aromatic carbocycles. The molecule has 0 atom stereocenters. The van der Waals surface area contributed by atoms with E-state index in [1.165, 1.54) is 0 Å². The summed E-state index contributed by atoms with van der Waals surface area (Å²) in [6, 6.07) is 7.08. The number of ether oxygens (including phenoxy) is 3. The molecule has 2 aliphatic rings. The third kappa shape index (κ3) is 4.32. The van der Waals surface area contributed by atoms with Gasteiger partial charge in [0.2, 0.25) is 0 Å². The molecule has 2 N–H and O–H groups in total. The molecule has 2 heterocycles. The summed E-state index contributed by atoms with van der Waals surface area (Å²) in [4.78, 5) is 27.4. The second kappa shape index (κ2) is 9.00. The van der Waals surface area contributed by atoms with Crippen LogP contribution in [0.3, 0.4) is 0 Å². The summed E-state index contributed by atoms with van der Waals surface area (Å²) in [6.07, 6.45) is 0. The van der Waals surface area contributed by atoms with Gasteiger partial charge < -0.3 is 24.4 Å². The minimum absolute atomic E-state index is 0.0377. The first-order valence-corrected chi connectivity index (χ1v) is 11.5. The van der Waals surface area contributed by atoms with Crippen LogP contribution in [0.15, 0.2) is 24.3 Å². The minimum atomic E-state index is -0.278. The van der Waals surface area contributed by atoms with Crippen molar-refractivity contribution in [1.82, 2.24) is 10.2 Å². The van der Waals surface area contributed by atoms with E-state index in [0.29, 0.717) is 60.3 Å². The molecule has 0 aliphatic carbocycles. The maximum absolute atomic E-state index is 13.3. The normalized spacial score (nSPS) is 14.6. The zero-order chi connectivity index (χ0) is 24.6. The Morgan fingerprint density at radius 2 is 1.88 bits per heavy atom. The fourth-order valence-corrected chi connectivity index (χ4v) is 4.29. The molecule has 0 spiro atoms. The number of hydrogen-bond donors (Lipinski definition) is 2. The van der Waals surface area contributed by atoms with Gasteiger partial charge in [0.25, 0.3) is 5.91 Å². The zero-order valence-corrected chi connectivity index (χ0v) is 20.3. The molecular weight excluding hydrogens is 434 g/mol. The van der Waals surface area contributed by atoms with Crippen LogP contribution in [0.2, 0.25) is 0 Å². The van der Waals surface area contributed by atoms with E-state index in [-0.39, 0.29) is 29.5 Å². The minimum Gasteiger partial charge on any atom is -0.493 e. The fourth-order valence-electron chi connectivity index (χ4n) is 4.29. The Labute approximate surface area is 199 Å². The van der Waals surface area contributed by atoms with Crippen molar-refractivity contribution in [3.63, 3.8) is 0 Å². The zero-order valence-electron chi connectivity index (χ0n) is 20.3. The molecule has 0 unspecified atom stereocenters. The van der Waals surface area contributed by atoms with Crippen LogP contribution in [0.25, 0.3) is 0 Å². The van der Waals surface area contributed by atoms with E-state index in [0.717, 1.165) is 11.1 Å². The lowest BCUT2D eigenvalue weighted by Gasteiger charge is -2.28. The smallest absolute Gasteiger partial charge is 0.254 e. The predicted molar refractivity (Wildman–Crippen MR) is 129 cm³/mol. The summed E-state index contributed by atoms with van der Waals surface area (Å²) < 4.78 is 17.3. The summed E-state index contributed by atoms with van der Waals surface area (Å²) in [7, 11) is 1.56. The van der Waals surface area contributed by atoms with Crippen LogP contribution in [-0.2, 0) is 12.0 Å². The number of benzene rings is 2. The second-order valence-electron chi connectivity index (χ2n) is 9.44. The second-order valence-corrected chi connectivity index (χ2v) is 9.44. The molecule has 1 amide bonds. The van der Waals surface area contributed by atoms with Crippen molar-refractivity contribution >= 4 is 17.5 Å². The van der Waals surface area contributed by atoms with Crippen molar-refractivity contribution in [3.8, 4) is 17.2 Å². The number of hydrogen-bond acceptors (Lipinski definition) is 6. The van der Waals surface area contributed by atoms with Gasteiger partial charge in [0.15, 0.2) is 17.3 Å². The number of carbonyl (C=O) groups is 2. The lowest BCUT2D eigenvalue weighted by molar-refractivity contribution is 0.0952. The van der Waals surface area contributed by atoms with E-state index in [9.17, 15) is 9.59 Å². The van der Waals surface area contributed by atoms with Crippen LogP contribution in [0.1, 0.15) is 65.1 Å². The van der Waals surface area contributed by atoms with Crippen molar-refractivity contribution in [3.05, 3.63) is 52.1 Å². The van der Waals surface area contributed by atoms with Gasteiger partial charge in [0.05, 0.1) is 18.7 Å². The van der Waals surface area contributed by atoms with Gasteiger partial charge in [-0.3, -0.25) is 15.0 Å². The summed E-state index contributed by atoms with van der Waals surface area (Å²) in [6.45, 7) is 9.84. The van der Waals surface area contributed by atoms with Gasteiger partial charge >= 0.3 is 0 Å². The monoisotopic (exact) mass is 465 g/mol. The van der Waals surface area contributed by atoms with Crippen LogP contribution < -0.4 is 19.5 Å². The van der Waals surface area contributed by atoms with Gasteiger partial charge in [0, 0.05) is 30.3 Å². The molecule has 4 rings (SSSR count). The highest BCUT2D eigenvalue weighted by molar-refractivity contribution is 6.07. The number of fused-ring (bicyclic) bond motifs is 2. The average Bonchev–Trinajstić information content (AvgIpc) is 3.10. The number of amidine groups is 1. The molecule has 0 aromatic heterocycles. The van der Waals surface area contributed by atoms with Gasteiger partial charge in [-0.1, -0.05) is 20.8 Å². The Balaban J connectivity index is 1.61. The van der Waals surface area contributed by atoms with Gasteiger partial charge in [-0.2, -0.15) is 0 Å². The van der Waals surface area contributed by atoms with E-state index in [1.807, 2.05) is 13.0 Å². The molecular formula is C26H31N3O5. The Morgan fingerprint density at radius 3 is 2.56 bits per heavy atom. The number of rotatable bonds is 6. The van der Waals surface area contributed by atoms with Crippen LogP contribution in [0, 0.1) is 5.41 Å². The molecule has 8 heteroatoms. The summed E-state index contributed by atoms with van der Waals surface area (Å²) >= 11 is 0. The number of carbonyl (C=O) groups excluding carboxylic acids is 2. The molecule has 0 bridgehead atoms. The quantitative estimate of drug-likeness (QED) is 0.633. The SMILES string of the molecule is CCOc1cc2c(cc1C(=O)NC)C(=N)N(CC(=O)c1cc3c(c(C(C)(C)C)c1)OCCO3)C2. The van der Waals surface area contributed by atoms with Crippen molar-refractivity contribution < 1.29 is 23.8 Å². The highest BCUT2D eigenvalue weighted by Gasteiger charge is 2.31. The summed E-state index contributed by atoms with van der Waals surface area (Å²) in [5.41, 5.74) is 3.08. The van der Waals surface area contributed by atoms with E-state index in [1.54, 1.807) is 30.1 Å². The maximum Gasteiger partial charge on any atom is 0.254 e. The topological polar surface area (TPSA) is 101 Å². The Bertz CT molecular complexity index is 1170. The Kier molecular flexibility index (Phi) is 6.25. The number of Topliss-reactive ketones (excluding diaryl/α,β-unsaturated/α-hetero) is 1. The Hall–Kier alpha value is -3.55. The number of nitrogens with one attached hydrogen (secondary N) is 2. The Morgan fingerprint density at radius 1 is 1.15 bits per heavy atom. The molecule has 0 radical (unpaired) electrons. The van der Waals surface area contributed by atoms with Crippen LogP contribution in [-0.4, -0.2) is 55.8 Å². The van der Waals surface area contributed by atoms with Crippen molar-refractivity contribution in [2.24, 2.45) is 0 Å². The van der Waals surface area contributed by atoms with Gasteiger partial charge in [-0.25, -0.2) is 0 Å². The first-order chi connectivity index (χ1) is 16.1. The first kappa shape index (κ1) is 23.6. The summed E-state index contributed by atoms with van der Waals surface area (Å²) in [5, 5.41) is 11.3. The third-order valence-corrected chi connectivity index (χ3v) is 6.02. The predicted octanol–water partition coefficient (Wildman–Crippen LogP) is 3.54. The van der Waals surface area contributed by atoms with E-state index < -0.39 is 0 Å². The number of ketones is 1. The lowest BCUT2D eigenvalue weighted by Crippen LogP contribution is -2.30. The van der Waals surface area contributed by atoms with Gasteiger partial charge in [-0.05, 0) is 42.2 Å². The van der Waals surface area contributed by atoms with Crippen LogP contribution >= 0.6 is 0 Å². The summed E-state index contributed by atoms with van der Waals surface area (Å²) in [5.74, 6) is 1.57.